The van der Waals surface area contributed by atoms with Crippen LogP contribution in [0.1, 0.15) is 32.1 Å². The second kappa shape index (κ2) is 6.87. The van der Waals surface area contributed by atoms with Crippen LogP contribution in [-0.4, -0.2) is 54.0 Å². The van der Waals surface area contributed by atoms with E-state index >= 15 is 0 Å². The molecule has 2 saturated heterocycles. The van der Waals surface area contributed by atoms with Crippen LogP contribution in [0, 0.1) is 11.3 Å². The predicted octanol–water partition coefficient (Wildman–Crippen LogP) is 1.91. The molecule has 0 unspecified atom stereocenters. The molecule has 1 N–H and O–H groups in total. The monoisotopic (exact) mass is 372 g/mol. The van der Waals surface area contributed by atoms with Crippen molar-refractivity contribution in [1.82, 2.24) is 4.90 Å². The van der Waals surface area contributed by atoms with Gasteiger partial charge in [0.05, 0.1) is 5.41 Å². The maximum Gasteiger partial charge on any atom is 0.311 e. The number of carbonyl (C=O) groups excluding carboxylic acids is 2. The summed E-state index contributed by atoms with van der Waals surface area (Å²) >= 11 is 0. The highest BCUT2D eigenvalue weighted by Gasteiger charge is 2.55. The van der Waals surface area contributed by atoms with Gasteiger partial charge in [0.15, 0.2) is 6.61 Å². The first kappa shape index (κ1) is 17.8. The van der Waals surface area contributed by atoms with Crippen molar-refractivity contribution in [1.29, 1.82) is 0 Å². The zero-order valence-electron chi connectivity index (χ0n) is 15.2. The number of nitrogens with zero attached hydrogens (tertiary/aromatic N) is 2. The second-order valence-electron chi connectivity index (χ2n) is 7.76. The average molecular weight is 372 g/mol. The molecular formula is C20H24N2O5. The van der Waals surface area contributed by atoms with Crippen LogP contribution < -0.4 is 9.64 Å². The van der Waals surface area contributed by atoms with Gasteiger partial charge in [-0.15, -0.1) is 0 Å². The Balaban J connectivity index is 1.33. The van der Waals surface area contributed by atoms with Crippen LogP contribution in [0.2, 0.25) is 0 Å². The van der Waals surface area contributed by atoms with Crippen LogP contribution in [0.25, 0.3) is 0 Å². The maximum atomic E-state index is 12.5. The lowest BCUT2D eigenvalue weighted by Crippen LogP contribution is -2.38. The van der Waals surface area contributed by atoms with Gasteiger partial charge in [-0.25, -0.2) is 0 Å². The molecule has 4 rings (SSSR count). The summed E-state index contributed by atoms with van der Waals surface area (Å²) in [6, 6.07) is 7.16. The molecule has 27 heavy (non-hydrogen) atoms. The van der Waals surface area contributed by atoms with Gasteiger partial charge in [-0.2, -0.15) is 0 Å². The van der Waals surface area contributed by atoms with E-state index in [0.29, 0.717) is 25.1 Å². The van der Waals surface area contributed by atoms with Crippen molar-refractivity contribution in [3.63, 3.8) is 0 Å². The Morgan fingerprint density at radius 2 is 2.00 bits per heavy atom. The third kappa shape index (κ3) is 3.15. The number of fused-ring (bicyclic) bond motifs is 1. The fraction of sp³-hybridized carbons (Fsp3) is 0.550. The third-order valence-electron chi connectivity index (χ3n) is 6.23. The molecule has 1 saturated carbocycles. The maximum absolute atomic E-state index is 12.5. The first-order chi connectivity index (χ1) is 13.0. The zero-order valence-corrected chi connectivity index (χ0v) is 15.2. The summed E-state index contributed by atoms with van der Waals surface area (Å²) in [6.45, 7) is 1.42. The van der Waals surface area contributed by atoms with Gasteiger partial charge in [0.1, 0.15) is 5.75 Å². The first-order valence-corrected chi connectivity index (χ1v) is 9.54. The SMILES string of the molecule is O=C(COc1ccc(N2CCCC2=O)cc1)N1C[C@@H]2CCC[C@@]2(C(=O)O)C1. The first-order valence-electron chi connectivity index (χ1n) is 9.54. The van der Waals surface area contributed by atoms with Crippen molar-refractivity contribution in [2.75, 3.05) is 31.1 Å². The lowest BCUT2D eigenvalue weighted by atomic mass is 9.81. The summed E-state index contributed by atoms with van der Waals surface area (Å²) in [5, 5.41) is 9.62. The average Bonchev–Trinajstić information content (AvgIpc) is 3.34. The Hall–Kier alpha value is -2.57. The third-order valence-corrected chi connectivity index (χ3v) is 6.23. The highest BCUT2D eigenvalue weighted by Crippen LogP contribution is 2.48. The zero-order chi connectivity index (χ0) is 19.0. The predicted molar refractivity (Wildman–Crippen MR) is 97.5 cm³/mol. The van der Waals surface area contributed by atoms with E-state index in [1.54, 1.807) is 21.9 Å². The summed E-state index contributed by atoms with van der Waals surface area (Å²) in [7, 11) is 0. The molecule has 2 aliphatic heterocycles. The van der Waals surface area contributed by atoms with Crippen LogP contribution in [0.3, 0.4) is 0 Å². The largest absolute Gasteiger partial charge is 0.484 e. The van der Waals surface area contributed by atoms with Gasteiger partial charge in [-0.1, -0.05) is 6.42 Å². The number of ether oxygens (including phenoxy) is 1. The number of benzene rings is 1. The number of aliphatic carboxylic acids is 1. The number of hydrogen-bond acceptors (Lipinski definition) is 4. The molecule has 0 bridgehead atoms. The smallest absolute Gasteiger partial charge is 0.311 e. The van der Waals surface area contributed by atoms with E-state index in [4.69, 9.17) is 4.74 Å². The molecule has 1 aliphatic carbocycles. The van der Waals surface area contributed by atoms with Crippen molar-refractivity contribution < 1.29 is 24.2 Å². The molecule has 0 radical (unpaired) electrons. The van der Waals surface area contributed by atoms with Gasteiger partial charge in [-0.05, 0) is 49.4 Å². The van der Waals surface area contributed by atoms with Crippen LogP contribution in [0.4, 0.5) is 5.69 Å². The molecule has 7 heteroatoms. The Bertz CT molecular complexity index is 762. The Morgan fingerprint density at radius 1 is 1.22 bits per heavy atom. The second-order valence-corrected chi connectivity index (χ2v) is 7.76. The normalized spacial score (nSPS) is 27.1. The molecule has 3 fully saturated rings. The fourth-order valence-electron chi connectivity index (χ4n) is 4.71. The summed E-state index contributed by atoms with van der Waals surface area (Å²) < 4.78 is 5.60. The highest BCUT2D eigenvalue weighted by molar-refractivity contribution is 5.95. The van der Waals surface area contributed by atoms with Crippen LogP contribution in [0.5, 0.6) is 5.75 Å². The minimum atomic E-state index is -0.784. The van der Waals surface area contributed by atoms with E-state index in [1.165, 1.54) is 0 Å². The fourth-order valence-corrected chi connectivity index (χ4v) is 4.71. The number of amides is 2. The van der Waals surface area contributed by atoms with Crippen LogP contribution in [0.15, 0.2) is 24.3 Å². The summed E-state index contributed by atoms with van der Waals surface area (Å²) in [4.78, 5) is 39.4. The molecular weight excluding hydrogens is 348 g/mol. The Kier molecular flexibility index (Phi) is 4.53. The molecule has 144 valence electrons. The van der Waals surface area contributed by atoms with Crippen LogP contribution in [-0.2, 0) is 14.4 Å². The van der Waals surface area contributed by atoms with Crippen LogP contribution >= 0.6 is 0 Å². The molecule has 1 aromatic carbocycles. The van der Waals surface area contributed by atoms with Gasteiger partial charge >= 0.3 is 5.97 Å². The van der Waals surface area contributed by atoms with E-state index in [2.05, 4.69) is 0 Å². The van der Waals surface area contributed by atoms with Crippen molar-refractivity contribution in [3.05, 3.63) is 24.3 Å². The van der Waals surface area contributed by atoms with Crippen molar-refractivity contribution in [2.45, 2.75) is 32.1 Å². The molecule has 1 aromatic rings. The molecule has 3 aliphatic rings. The number of carboxylic acid groups (broad SMARTS) is 1. The van der Waals surface area contributed by atoms with E-state index in [0.717, 1.165) is 31.5 Å². The highest BCUT2D eigenvalue weighted by atomic mass is 16.5. The lowest BCUT2D eigenvalue weighted by molar-refractivity contribution is -0.149. The number of carboxylic acids is 1. The number of carbonyl (C=O) groups is 3. The molecule has 0 aromatic heterocycles. The van der Waals surface area contributed by atoms with Gasteiger partial charge < -0.3 is 19.6 Å². The number of rotatable bonds is 5. The number of anilines is 1. The topological polar surface area (TPSA) is 87.2 Å². The Morgan fingerprint density at radius 3 is 2.63 bits per heavy atom. The van der Waals surface area contributed by atoms with E-state index in [9.17, 15) is 19.5 Å². The Labute approximate surface area is 157 Å². The van der Waals surface area contributed by atoms with Crippen molar-refractivity contribution in [3.8, 4) is 5.75 Å². The molecule has 2 atom stereocenters. The van der Waals surface area contributed by atoms with Crippen molar-refractivity contribution >= 4 is 23.5 Å². The summed E-state index contributed by atoms with van der Waals surface area (Å²) in [6.07, 6.45) is 3.89. The molecule has 7 nitrogen and oxygen atoms in total. The number of hydrogen-bond donors (Lipinski definition) is 1. The quantitative estimate of drug-likeness (QED) is 0.853. The molecule has 2 heterocycles. The summed E-state index contributed by atoms with van der Waals surface area (Å²) in [5.41, 5.74) is 0.0755. The van der Waals surface area contributed by atoms with Crippen molar-refractivity contribution in [2.24, 2.45) is 11.3 Å². The van der Waals surface area contributed by atoms with E-state index in [-0.39, 0.29) is 30.9 Å². The van der Waals surface area contributed by atoms with E-state index in [1.807, 2.05) is 12.1 Å². The molecule has 0 spiro atoms. The van der Waals surface area contributed by atoms with E-state index < -0.39 is 11.4 Å². The molecule has 2 amide bonds. The summed E-state index contributed by atoms with van der Waals surface area (Å²) in [5.74, 6) is -0.217. The number of likely N-dealkylation sites (tertiary alicyclic amines) is 1. The minimum Gasteiger partial charge on any atom is -0.484 e. The minimum absolute atomic E-state index is 0.0521. The van der Waals surface area contributed by atoms with Gasteiger partial charge in [0.25, 0.3) is 5.91 Å². The van der Waals surface area contributed by atoms with Gasteiger partial charge in [-0.3, -0.25) is 14.4 Å². The standard InChI is InChI=1S/C20H24N2O5/c23-17-4-2-10-22(17)15-5-7-16(8-6-15)27-12-18(24)21-11-14-3-1-9-20(14,13-21)19(25)26/h5-8,14H,1-4,9-13H2,(H,25,26)/t14-,20+/m0/s1. The lowest BCUT2D eigenvalue weighted by Gasteiger charge is -2.23. The van der Waals surface area contributed by atoms with Gasteiger partial charge in [0.2, 0.25) is 5.91 Å². The van der Waals surface area contributed by atoms with Gasteiger partial charge in [0, 0.05) is 31.7 Å².